The first-order valence-corrected chi connectivity index (χ1v) is 4.12. The summed E-state index contributed by atoms with van der Waals surface area (Å²) in [5, 5.41) is 9.03. The Bertz CT molecular complexity index is 354. The lowest BCUT2D eigenvalue weighted by Gasteiger charge is -2.11. The van der Waals surface area contributed by atoms with Crippen molar-refractivity contribution >= 4 is 21.6 Å². The Morgan fingerprint density at radius 2 is 1.93 bits per heavy atom. The van der Waals surface area contributed by atoms with Crippen LogP contribution in [-0.4, -0.2) is 11.5 Å². The number of halogens is 4. The molecule has 78 valence electrons. The highest BCUT2D eigenvalue weighted by atomic mass is 79.9. The predicted molar refractivity (Wildman–Crippen MR) is 46.9 cm³/mol. The average molecular weight is 272 g/mol. The Hall–Kier alpha value is -1.11. The first-order valence-electron chi connectivity index (χ1n) is 3.33. The van der Waals surface area contributed by atoms with E-state index in [-0.39, 0.29) is 10.2 Å². The zero-order valence-electron chi connectivity index (χ0n) is 6.60. The van der Waals surface area contributed by atoms with Crippen molar-refractivity contribution in [3.63, 3.8) is 0 Å². The zero-order valence-corrected chi connectivity index (χ0v) is 8.19. The zero-order chi connectivity index (χ0) is 10.9. The van der Waals surface area contributed by atoms with Gasteiger partial charge in [-0.05, 0) is 22.0 Å². The summed E-state index contributed by atoms with van der Waals surface area (Å²) in [7, 11) is 0. The average Bonchev–Trinajstić information content (AvgIpc) is 1.97. The highest BCUT2D eigenvalue weighted by Gasteiger charge is 2.32. The predicted octanol–water partition coefficient (Wildman–Crippen LogP) is 2.64. The molecule has 0 aliphatic carbocycles. The Morgan fingerprint density at radius 1 is 1.36 bits per heavy atom. The second kappa shape index (κ2) is 3.56. The number of rotatable bonds is 1. The van der Waals surface area contributed by atoms with Crippen LogP contribution in [0.2, 0.25) is 0 Å². The number of hydrogen-bond donors (Lipinski definition) is 2. The van der Waals surface area contributed by atoms with Gasteiger partial charge in [-0.15, -0.1) is 13.2 Å². The van der Waals surface area contributed by atoms with Crippen molar-refractivity contribution in [3.05, 3.63) is 16.6 Å². The number of hydrogen-bond acceptors (Lipinski definition) is 3. The maximum absolute atomic E-state index is 11.8. The summed E-state index contributed by atoms with van der Waals surface area (Å²) in [5.41, 5.74) is 5.20. The lowest BCUT2D eigenvalue weighted by atomic mass is 10.3. The lowest BCUT2D eigenvalue weighted by Crippen LogP contribution is -2.17. The molecule has 0 amide bonds. The largest absolute Gasteiger partial charge is 0.573 e. The van der Waals surface area contributed by atoms with Crippen LogP contribution in [0.4, 0.5) is 18.9 Å². The molecule has 1 aromatic rings. The summed E-state index contributed by atoms with van der Waals surface area (Å²) in [6.07, 6.45) is -4.80. The van der Waals surface area contributed by atoms with Crippen molar-refractivity contribution in [1.29, 1.82) is 0 Å². The molecule has 0 saturated heterocycles. The molecule has 0 aromatic heterocycles. The maximum Gasteiger partial charge on any atom is 0.573 e. The van der Waals surface area contributed by atoms with E-state index in [1.807, 2.05) is 0 Å². The van der Waals surface area contributed by atoms with E-state index in [0.29, 0.717) is 0 Å². The molecule has 0 spiro atoms. The fourth-order valence-corrected chi connectivity index (χ4v) is 1.20. The molecule has 3 N–H and O–H groups in total. The third-order valence-electron chi connectivity index (χ3n) is 1.31. The number of ether oxygens (including phenoxy) is 1. The Morgan fingerprint density at radius 3 is 2.43 bits per heavy atom. The van der Waals surface area contributed by atoms with Crippen molar-refractivity contribution in [1.82, 2.24) is 0 Å². The third-order valence-corrected chi connectivity index (χ3v) is 1.93. The van der Waals surface area contributed by atoms with E-state index in [0.717, 1.165) is 12.1 Å². The third kappa shape index (κ3) is 2.69. The fraction of sp³-hybridized carbons (Fsp3) is 0.143. The van der Waals surface area contributed by atoms with Gasteiger partial charge in [0, 0.05) is 6.07 Å². The highest BCUT2D eigenvalue weighted by Crippen LogP contribution is 2.36. The van der Waals surface area contributed by atoms with Crippen LogP contribution in [0.5, 0.6) is 11.5 Å². The van der Waals surface area contributed by atoms with E-state index in [9.17, 15) is 13.2 Å². The summed E-state index contributed by atoms with van der Waals surface area (Å²) in [6, 6.07) is 1.91. The minimum Gasteiger partial charge on any atom is -0.506 e. The minimum atomic E-state index is -4.80. The molecular formula is C7H5BrF3NO2. The quantitative estimate of drug-likeness (QED) is 0.610. The van der Waals surface area contributed by atoms with Crippen molar-refractivity contribution in [2.24, 2.45) is 0 Å². The number of anilines is 1. The van der Waals surface area contributed by atoms with Crippen molar-refractivity contribution in [2.75, 3.05) is 5.73 Å². The number of nitrogen functional groups attached to an aromatic ring is 1. The van der Waals surface area contributed by atoms with Gasteiger partial charge in [-0.1, -0.05) is 0 Å². The van der Waals surface area contributed by atoms with Gasteiger partial charge in [0.1, 0.15) is 11.5 Å². The maximum atomic E-state index is 11.8. The molecule has 0 saturated carbocycles. The van der Waals surface area contributed by atoms with Crippen LogP contribution >= 0.6 is 15.9 Å². The van der Waals surface area contributed by atoms with E-state index in [1.165, 1.54) is 0 Å². The number of aromatic hydroxyl groups is 1. The van der Waals surface area contributed by atoms with Crippen LogP contribution in [-0.2, 0) is 0 Å². The SMILES string of the molecule is Nc1cc(Br)c(OC(F)(F)F)cc1O. The topological polar surface area (TPSA) is 55.5 Å². The van der Waals surface area contributed by atoms with E-state index >= 15 is 0 Å². The second-order valence-corrected chi connectivity index (χ2v) is 3.24. The number of benzene rings is 1. The summed E-state index contributed by atoms with van der Waals surface area (Å²) in [5.74, 6) is -1.00. The van der Waals surface area contributed by atoms with Gasteiger partial charge in [-0.3, -0.25) is 0 Å². The number of phenolic OH excluding ortho intramolecular Hbond substituents is 1. The monoisotopic (exact) mass is 271 g/mol. The molecule has 0 atom stereocenters. The van der Waals surface area contributed by atoms with Gasteiger partial charge in [0.2, 0.25) is 0 Å². The fourth-order valence-electron chi connectivity index (χ4n) is 0.761. The van der Waals surface area contributed by atoms with Crippen molar-refractivity contribution in [2.45, 2.75) is 6.36 Å². The minimum absolute atomic E-state index is 0.0186. The van der Waals surface area contributed by atoms with E-state index in [4.69, 9.17) is 10.8 Å². The molecule has 7 heteroatoms. The van der Waals surface area contributed by atoms with Crippen LogP contribution in [0.25, 0.3) is 0 Å². The molecule has 1 aromatic carbocycles. The molecule has 0 radical (unpaired) electrons. The van der Waals surface area contributed by atoms with Crippen LogP contribution < -0.4 is 10.5 Å². The molecule has 0 unspecified atom stereocenters. The summed E-state index contributed by atoms with van der Waals surface area (Å²) < 4.78 is 39.0. The van der Waals surface area contributed by atoms with Gasteiger partial charge in [0.05, 0.1) is 10.2 Å². The van der Waals surface area contributed by atoms with Gasteiger partial charge in [-0.2, -0.15) is 0 Å². The normalized spacial score (nSPS) is 11.4. The molecule has 0 heterocycles. The molecule has 3 nitrogen and oxygen atoms in total. The van der Waals surface area contributed by atoms with Gasteiger partial charge < -0.3 is 15.6 Å². The summed E-state index contributed by atoms with van der Waals surface area (Å²) in [4.78, 5) is 0. The first kappa shape index (κ1) is 11.0. The number of alkyl halides is 3. The molecule has 0 bridgehead atoms. The second-order valence-electron chi connectivity index (χ2n) is 2.39. The Labute approximate surface area is 85.4 Å². The standard InChI is InChI=1S/C7H5BrF3NO2/c8-3-1-4(12)5(13)2-6(3)14-7(9,10)11/h1-2,13H,12H2. The molecular weight excluding hydrogens is 267 g/mol. The highest BCUT2D eigenvalue weighted by molar-refractivity contribution is 9.10. The number of phenols is 1. The Balaban J connectivity index is 3.04. The Kier molecular flexibility index (Phi) is 2.79. The summed E-state index contributed by atoms with van der Waals surface area (Å²) >= 11 is 2.82. The number of nitrogens with two attached hydrogens (primary N) is 1. The van der Waals surface area contributed by atoms with E-state index < -0.39 is 17.9 Å². The van der Waals surface area contributed by atoms with Crippen LogP contribution in [0.1, 0.15) is 0 Å². The van der Waals surface area contributed by atoms with Gasteiger partial charge in [0.15, 0.2) is 0 Å². The first-order chi connectivity index (χ1) is 6.29. The van der Waals surface area contributed by atoms with Crippen LogP contribution in [0, 0.1) is 0 Å². The van der Waals surface area contributed by atoms with Gasteiger partial charge in [0.25, 0.3) is 0 Å². The van der Waals surface area contributed by atoms with E-state index in [1.54, 1.807) is 0 Å². The van der Waals surface area contributed by atoms with Gasteiger partial charge in [-0.25, -0.2) is 0 Å². The molecule has 14 heavy (non-hydrogen) atoms. The summed E-state index contributed by atoms with van der Waals surface area (Å²) in [6.45, 7) is 0. The van der Waals surface area contributed by atoms with E-state index in [2.05, 4.69) is 20.7 Å². The van der Waals surface area contributed by atoms with Crippen LogP contribution in [0.15, 0.2) is 16.6 Å². The van der Waals surface area contributed by atoms with Crippen molar-refractivity contribution < 1.29 is 23.0 Å². The van der Waals surface area contributed by atoms with Crippen molar-refractivity contribution in [3.8, 4) is 11.5 Å². The van der Waals surface area contributed by atoms with Gasteiger partial charge >= 0.3 is 6.36 Å². The molecule has 0 fully saturated rings. The van der Waals surface area contributed by atoms with Crippen LogP contribution in [0.3, 0.4) is 0 Å². The molecule has 1 rings (SSSR count). The lowest BCUT2D eigenvalue weighted by molar-refractivity contribution is -0.274. The molecule has 0 aliphatic heterocycles. The smallest absolute Gasteiger partial charge is 0.506 e. The molecule has 0 aliphatic rings.